The number of hydrogen-bond donors (Lipinski definition) is 0. The van der Waals surface area contributed by atoms with E-state index >= 15 is 0 Å². The summed E-state index contributed by atoms with van der Waals surface area (Å²) in [6.45, 7) is 4.62. The number of aromatic nitrogens is 3. The third kappa shape index (κ3) is 5.34. The molecule has 11 aromatic rings. The predicted octanol–water partition coefficient (Wildman–Crippen LogP) is 14.7. The number of hydrogen-bond acceptors (Lipinski definition) is 4. The number of fused-ring (bicyclic) bond motifs is 8. The van der Waals surface area contributed by atoms with Crippen LogP contribution in [0.25, 0.3) is 111 Å². The highest BCUT2D eigenvalue weighted by Crippen LogP contribution is 2.49. The first-order valence-electron chi connectivity index (χ1n) is 20.5. The molecule has 4 heteroatoms. The molecule has 0 atom stereocenters. The molecule has 0 radical (unpaired) electrons. The third-order valence-corrected chi connectivity index (χ3v) is 12.5. The average Bonchev–Trinajstić information content (AvgIpc) is 3.80. The fraction of sp³-hybridized carbons (Fsp3) is 0.0536. The van der Waals surface area contributed by atoms with Crippen molar-refractivity contribution >= 4 is 43.5 Å². The lowest BCUT2D eigenvalue weighted by atomic mass is 9.82. The Labute approximate surface area is 347 Å². The normalized spacial score (nSPS) is 13.0. The molecule has 0 saturated carbocycles. The molecular formula is C56H37N3O. The number of benzene rings is 9. The summed E-state index contributed by atoms with van der Waals surface area (Å²) in [5.74, 6) is 1.92. The van der Waals surface area contributed by atoms with Crippen molar-refractivity contribution in [3.05, 3.63) is 199 Å². The second kappa shape index (κ2) is 13.2. The Kier molecular flexibility index (Phi) is 7.54. The minimum atomic E-state index is -0.156. The lowest BCUT2D eigenvalue weighted by molar-refractivity contribution is 0.660. The van der Waals surface area contributed by atoms with Crippen LogP contribution in [0.5, 0.6) is 0 Å². The molecular weight excluding hydrogens is 731 g/mol. The highest BCUT2D eigenvalue weighted by atomic mass is 16.3. The summed E-state index contributed by atoms with van der Waals surface area (Å²) in [6, 6.07) is 66.7. The summed E-state index contributed by atoms with van der Waals surface area (Å²) in [7, 11) is 0. The minimum Gasteiger partial charge on any atom is -0.455 e. The van der Waals surface area contributed by atoms with Crippen molar-refractivity contribution < 1.29 is 4.42 Å². The van der Waals surface area contributed by atoms with E-state index in [2.05, 4.69) is 190 Å². The van der Waals surface area contributed by atoms with E-state index in [1.807, 2.05) is 12.1 Å². The summed E-state index contributed by atoms with van der Waals surface area (Å²) in [5, 5.41) is 6.73. The van der Waals surface area contributed by atoms with E-state index in [4.69, 9.17) is 19.4 Å². The Hall–Kier alpha value is -7.69. The van der Waals surface area contributed by atoms with E-state index in [0.717, 1.165) is 71.3 Å². The van der Waals surface area contributed by atoms with E-state index in [1.165, 1.54) is 33.4 Å². The van der Waals surface area contributed by atoms with Gasteiger partial charge in [0.2, 0.25) is 0 Å². The first-order valence-corrected chi connectivity index (χ1v) is 20.5. The number of para-hydroxylation sites is 2. The Balaban J connectivity index is 1.01. The number of nitrogens with zero attached hydrogens (tertiary/aromatic N) is 3. The molecule has 1 aliphatic carbocycles. The first-order chi connectivity index (χ1) is 29.5. The van der Waals surface area contributed by atoms with E-state index in [-0.39, 0.29) is 5.41 Å². The summed E-state index contributed by atoms with van der Waals surface area (Å²) in [6.07, 6.45) is 0. The van der Waals surface area contributed by atoms with Crippen LogP contribution in [0.4, 0.5) is 0 Å². The molecule has 0 bridgehead atoms. The van der Waals surface area contributed by atoms with Gasteiger partial charge in [-0.3, -0.25) is 0 Å². The van der Waals surface area contributed by atoms with Gasteiger partial charge in [-0.15, -0.1) is 0 Å². The zero-order valence-electron chi connectivity index (χ0n) is 33.1. The summed E-state index contributed by atoms with van der Waals surface area (Å²) >= 11 is 0. The molecule has 0 N–H and O–H groups in total. The molecule has 12 rings (SSSR count). The van der Waals surface area contributed by atoms with E-state index in [1.54, 1.807) is 0 Å². The van der Waals surface area contributed by atoms with E-state index in [9.17, 15) is 0 Å². The van der Waals surface area contributed by atoms with Gasteiger partial charge in [-0.25, -0.2) is 15.0 Å². The SMILES string of the molecule is CC1(C)c2ccccc2-c2ccc(-c3nc(-c4ccc5cc(-c6cccc7c6oc6ccccc67)ccc5c4)nc(-c4ccc(-c5ccccc5)c5ccccc45)n3)cc21. The second-order valence-electron chi connectivity index (χ2n) is 16.4. The van der Waals surface area contributed by atoms with Gasteiger partial charge in [0.25, 0.3) is 0 Å². The van der Waals surface area contributed by atoms with Gasteiger partial charge < -0.3 is 4.42 Å². The van der Waals surface area contributed by atoms with E-state index < -0.39 is 0 Å². The van der Waals surface area contributed by atoms with Crippen LogP contribution >= 0.6 is 0 Å². The molecule has 0 spiro atoms. The van der Waals surface area contributed by atoms with Crippen LogP contribution in [0.2, 0.25) is 0 Å². The standard InChI is InChI=1S/C56H37N3O/c1-56(2)49-21-10-8-17-44(49)45-28-27-39(33-50(45)56)54-57-53(58-55(59-54)48-30-29-40(34-13-4-3-5-14-34)42-15-6-7-16-43(42)48)38-26-24-35-31-37(25-23-36(35)32-38)41-19-12-20-47-46-18-9-11-22-51(46)60-52(41)47/h3-33H,1-2H3. The predicted molar refractivity (Wildman–Crippen MR) is 247 cm³/mol. The molecule has 9 aromatic carbocycles. The molecule has 0 fully saturated rings. The van der Waals surface area contributed by atoms with Crippen molar-refractivity contribution in [2.24, 2.45) is 0 Å². The van der Waals surface area contributed by atoms with Gasteiger partial charge >= 0.3 is 0 Å². The lowest BCUT2D eigenvalue weighted by Crippen LogP contribution is -2.15. The maximum Gasteiger partial charge on any atom is 0.164 e. The van der Waals surface area contributed by atoms with Crippen LogP contribution in [0.3, 0.4) is 0 Å². The Morgan fingerprint density at radius 2 is 0.900 bits per heavy atom. The van der Waals surface area contributed by atoms with Gasteiger partial charge in [-0.05, 0) is 90.8 Å². The van der Waals surface area contributed by atoms with Gasteiger partial charge in [0.1, 0.15) is 11.2 Å². The average molecular weight is 768 g/mol. The molecule has 1 aliphatic rings. The zero-order valence-corrected chi connectivity index (χ0v) is 33.1. The topological polar surface area (TPSA) is 51.8 Å². The highest BCUT2D eigenvalue weighted by molar-refractivity contribution is 6.10. The van der Waals surface area contributed by atoms with Gasteiger partial charge in [-0.1, -0.05) is 172 Å². The highest BCUT2D eigenvalue weighted by Gasteiger charge is 2.35. The van der Waals surface area contributed by atoms with Crippen LogP contribution in [0.15, 0.2) is 192 Å². The molecule has 0 aliphatic heterocycles. The molecule has 0 saturated heterocycles. The number of furan rings is 1. The quantitative estimate of drug-likeness (QED) is 0.175. The molecule has 0 unspecified atom stereocenters. The van der Waals surface area contributed by atoms with Crippen molar-refractivity contribution in [2.75, 3.05) is 0 Å². The van der Waals surface area contributed by atoms with Crippen molar-refractivity contribution in [1.29, 1.82) is 0 Å². The summed E-state index contributed by atoms with van der Waals surface area (Å²) in [4.78, 5) is 15.8. The Morgan fingerprint density at radius 1 is 0.350 bits per heavy atom. The largest absolute Gasteiger partial charge is 0.455 e. The molecule has 60 heavy (non-hydrogen) atoms. The van der Waals surface area contributed by atoms with E-state index in [0.29, 0.717) is 17.5 Å². The Morgan fingerprint density at radius 3 is 1.72 bits per heavy atom. The van der Waals surface area contributed by atoms with Crippen LogP contribution in [0.1, 0.15) is 25.0 Å². The maximum absolute atomic E-state index is 6.41. The summed E-state index contributed by atoms with van der Waals surface area (Å²) < 4.78 is 6.41. The van der Waals surface area contributed by atoms with Crippen molar-refractivity contribution in [2.45, 2.75) is 19.3 Å². The molecule has 2 heterocycles. The summed E-state index contributed by atoms with van der Waals surface area (Å²) in [5.41, 5.74) is 14.2. The smallest absolute Gasteiger partial charge is 0.164 e. The molecule has 4 nitrogen and oxygen atoms in total. The maximum atomic E-state index is 6.41. The molecule has 2 aromatic heterocycles. The third-order valence-electron chi connectivity index (χ3n) is 12.5. The zero-order chi connectivity index (χ0) is 40.0. The fourth-order valence-electron chi connectivity index (χ4n) is 9.49. The van der Waals surface area contributed by atoms with Crippen LogP contribution in [-0.2, 0) is 5.41 Å². The number of rotatable bonds is 5. The van der Waals surface area contributed by atoms with Crippen LogP contribution in [-0.4, -0.2) is 15.0 Å². The van der Waals surface area contributed by atoms with Crippen molar-refractivity contribution in [3.63, 3.8) is 0 Å². The lowest BCUT2D eigenvalue weighted by Gasteiger charge is -2.21. The van der Waals surface area contributed by atoms with Crippen LogP contribution in [0, 0.1) is 0 Å². The van der Waals surface area contributed by atoms with Gasteiger partial charge in [-0.2, -0.15) is 0 Å². The van der Waals surface area contributed by atoms with Crippen LogP contribution < -0.4 is 0 Å². The van der Waals surface area contributed by atoms with Crippen molar-refractivity contribution in [3.8, 4) is 67.5 Å². The Bertz CT molecular complexity index is 3530. The van der Waals surface area contributed by atoms with Gasteiger partial charge in [0, 0.05) is 38.4 Å². The minimum absolute atomic E-state index is 0.156. The molecule has 282 valence electrons. The fourth-order valence-corrected chi connectivity index (χ4v) is 9.49. The first kappa shape index (κ1) is 34.4. The van der Waals surface area contributed by atoms with Crippen molar-refractivity contribution in [1.82, 2.24) is 15.0 Å². The second-order valence-corrected chi connectivity index (χ2v) is 16.4. The van der Waals surface area contributed by atoms with Gasteiger partial charge in [0.15, 0.2) is 17.5 Å². The van der Waals surface area contributed by atoms with Gasteiger partial charge in [0.05, 0.1) is 0 Å². The monoisotopic (exact) mass is 767 g/mol. The molecule has 0 amide bonds.